The maximum atomic E-state index is 12.1. The Hall–Kier alpha value is -1.26. The second kappa shape index (κ2) is 4.14. The van der Waals surface area contributed by atoms with Crippen molar-refractivity contribution in [2.45, 2.75) is 44.1 Å². The number of aliphatic carboxylic acids is 1. The van der Waals surface area contributed by atoms with Gasteiger partial charge in [-0.25, -0.2) is 9.59 Å². The van der Waals surface area contributed by atoms with Crippen molar-refractivity contribution >= 4 is 12.0 Å². The van der Waals surface area contributed by atoms with Gasteiger partial charge < -0.3 is 15.3 Å². The summed E-state index contributed by atoms with van der Waals surface area (Å²) < 4.78 is 0. The number of rotatable bonds is 2. The van der Waals surface area contributed by atoms with Gasteiger partial charge in [-0.15, -0.1) is 0 Å². The molecular weight excluding hydrogens is 232 g/mol. The fourth-order valence-electron chi connectivity index (χ4n) is 3.61. The van der Waals surface area contributed by atoms with E-state index in [0.717, 1.165) is 19.5 Å². The number of carbonyl (C=O) groups excluding carboxylic acids is 1. The zero-order valence-electron chi connectivity index (χ0n) is 10.5. The molecule has 0 radical (unpaired) electrons. The number of fused-ring (bicyclic) bond motifs is 1. The summed E-state index contributed by atoms with van der Waals surface area (Å²) in [4.78, 5) is 25.2. The third kappa shape index (κ3) is 1.76. The fourth-order valence-corrected chi connectivity index (χ4v) is 3.61. The number of hydrogen-bond donors (Lipinski definition) is 2. The van der Waals surface area contributed by atoms with Crippen molar-refractivity contribution in [2.24, 2.45) is 11.8 Å². The summed E-state index contributed by atoms with van der Waals surface area (Å²) >= 11 is 0. The van der Waals surface area contributed by atoms with Gasteiger partial charge in [0, 0.05) is 13.1 Å². The molecule has 0 spiro atoms. The van der Waals surface area contributed by atoms with Gasteiger partial charge >= 0.3 is 12.0 Å². The lowest BCUT2D eigenvalue weighted by Gasteiger charge is -2.39. The van der Waals surface area contributed by atoms with Crippen LogP contribution in [0.2, 0.25) is 0 Å². The topological polar surface area (TPSA) is 69.6 Å². The Morgan fingerprint density at radius 3 is 2.17 bits per heavy atom. The van der Waals surface area contributed by atoms with Gasteiger partial charge in [0.25, 0.3) is 0 Å². The first-order chi connectivity index (χ1) is 8.61. The van der Waals surface area contributed by atoms with E-state index < -0.39 is 11.5 Å². The Bertz CT molecular complexity index is 366. The highest BCUT2D eigenvalue weighted by Crippen LogP contribution is 2.38. The summed E-state index contributed by atoms with van der Waals surface area (Å²) in [6, 6.07) is -0.175. The Kier molecular flexibility index (Phi) is 2.72. The summed E-state index contributed by atoms with van der Waals surface area (Å²) in [7, 11) is 0. The van der Waals surface area contributed by atoms with Crippen molar-refractivity contribution in [3.05, 3.63) is 0 Å². The molecule has 0 aromatic rings. The first-order valence-electron chi connectivity index (χ1n) is 6.91. The average Bonchev–Trinajstić information content (AvgIpc) is 2.81. The Labute approximate surface area is 107 Å². The van der Waals surface area contributed by atoms with Crippen molar-refractivity contribution in [1.29, 1.82) is 0 Å². The van der Waals surface area contributed by atoms with Crippen molar-refractivity contribution in [3.8, 4) is 0 Å². The van der Waals surface area contributed by atoms with Crippen LogP contribution in [-0.4, -0.2) is 40.6 Å². The van der Waals surface area contributed by atoms with Crippen molar-refractivity contribution in [1.82, 2.24) is 10.2 Å². The highest BCUT2D eigenvalue weighted by molar-refractivity contribution is 5.87. The van der Waals surface area contributed by atoms with E-state index in [0.29, 0.717) is 24.7 Å². The van der Waals surface area contributed by atoms with Crippen molar-refractivity contribution in [3.63, 3.8) is 0 Å². The minimum atomic E-state index is -0.977. The molecule has 2 saturated carbocycles. The summed E-state index contributed by atoms with van der Waals surface area (Å²) in [5, 5.41) is 12.0. The fraction of sp³-hybridized carbons (Fsp3) is 0.846. The van der Waals surface area contributed by atoms with Gasteiger partial charge in [-0.3, -0.25) is 0 Å². The van der Waals surface area contributed by atoms with E-state index in [1.807, 2.05) is 4.90 Å². The molecule has 100 valence electrons. The molecule has 3 rings (SSSR count). The predicted molar refractivity (Wildman–Crippen MR) is 65.2 cm³/mol. The van der Waals surface area contributed by atoms with Crippen LogP contribution in [0, 0.1) is 11.8 Å². The Morgan fingerprint density at radius 2 is 1.72 bits per heavy atom. The molecule has 2 amide bonds. The molecule has 0 aromatic heterocycles. The third-order valence-electron chi connectivity index (χ3n) is 4.98. The highest BCUT2D eigenvalue weighted by Gasteiger charge is 2.47. The largest absolute Gasteiger partial charge is 0.480 e. The van der Waals surface area contributed by atoms with Gasteiger partial charge in [-0.05, 0) is 43.9 Å². The summed E-state index contributed by atoms with van der Waals surface area (Å²) in [6.07, 6.45) is 5.74. The van der Waals surface area contributed by atoms with Gasteiger partial charge in [-0.1, -0.05) is 6.42 Å². The summed E-state index contributed by atoms with van der Waals surface area (Å²) in [6.45, 7) is 1.62. The molecule has 2 N–H and O–H groups in total. The highest BCUT2D eigenvalue weighted by atomic mass is 16.4. The average molecular weight is 252 g/mol. The monoisotopic (exact) mass is 252 g/mol. The molecule has 5 nitrogen and oxygen atoms in total. The second-order valence-corrected chi connectivity index (χ2v) is 6.03. The quantitative estimate of drug-likeness (QED) is 0.781. The summed E-state index contributed by atoms with van der Waals surface area (Å²) in [5.74, 6) is 0.414. The number of amides is 2. The summed E-state index contributed by atoms with van der Waals surface area (Å²) in [5.41, 5.74) is -0.977. The zero-order valence-corrected chi connectivity index (χ0v) is 10.5. The number of carboxylic acid groups (broad SMARTS) is 1. The first kappa shape index (κ1) is 11.8. The third-order valence-corrected chi connectivity index (χ3v) is 4.98. The normalized spacial score (nSPS) is 32.8. The van der Waals surface area contributed by atoms with Crippen LogP contribution in [0.4, 0.5) is 4.79 Å². The number of nitrogens with one attached hydrogen (secondary N) is 1. The van der Waals surface area contributed by atoms with E-state index in [1.165, 1.54) is 19.3 Å². The molecule has 2 atom stereocenters. The first-order valence-corrected chi connectivity index (χ1v) is 6.91. The van der Waals surface area contributed by atoms with Gasteiger partial charge in [0.2, 0.25) is 0 Å². The van der Waals surface area contributed by atoms with Gasteiger partial charge in [0.15, 0.2) is 0 Å². The molecule has 5 heteroatoms. The predicted octanol–water partition coefficient (Wildman–Crippen LogP) is 1.44. The molecule has 2 unspecified atom stereocenters. The molecule has 0 bridgehead atoms. The van der Waals surface area contributed by atoms with Crippen LogP contribution in [0.25, 0.3) is 0 Å². The maximum Gasteiger partial charge on any atom is 0.329 e. The van der Waals surface area contributed by atoms with Crippen molar-refractivity contribution < 1.29 is 14.7 Å². The Morgan fingerprint density at radius 1 is 1.11 bits per heavy atom. The van der Waals surface area contributed by atoms with E-state index in [9.17, 15) is 14.7 Å². The molecule has 1 heterocycles. The maximum absolute atomic E-state index is 12.1. The van der Waals surface area contributed by atoms with Crippen LogP contribution in [0.1, 0.15) is 38.5 Å². The van der Waals surface area contributed by atoms with Crippen LogP contribution in [0.15, 0.2) is 0 Å². The molecule has 0 aromatic carbocycles. The van der Waals surface area contributed by atoms with E-state index in [1.54, 1.807) is 0 Å². The number of likely N-dealkylation sites (tertiary alicyclic amines) is 1. The molecule has 18 heavy (non-hydrogen) atoms. The van der Waals surface area contributed by atoms with Crippen LogP contribution >= 0.6 is 0 Å². The molecule has 1 aliphatic heterocycles. The van der Waals surface area contributed by atoms with Gasteiger partial charge in [0.05, 0.1) is 0 Å². The minimum absolute atomic E-state index is 0.175. The van der Waals surface area contributed by atoms with Crippen LogP contribution in [0.5, 0.6) is 0 Å². The van der Waals surface area contributed by atoms with E-state index in [-0.39, 0.29) is 6.03 Å². The number of carboxylic acids is 1. The molecule has 1 saturated heterocycles. The smallest absolute Gasteiger partial charge is 0.329 e. The minimum Gasteiger partial charge on any atom is -0.480 e. The van der Waals surface area contributed by atoms with Crippen LogP contribution in [0.3, 0.4) is 0 Å². The number of hydrogen-bond acceptors (Lipinski definition) is 2. The van der Waals surface area contributed by atoms with Crippen LogP contribution < -0.4 is 5.32 Å². The van der Waals surface area contributed by atoms with E-state index in [4.69, 9.17) is 0 Å². The van der Waals surface area contributed by atoms with Gasteiger partial charge in [-0.2, -0.15) is 0 Å². The van der Waals surface area contributed by atoms with Gasteiger partial charge in [0.1, 0.15) is 5.54 Å². The molecule has 3 fully saturated rings. The lowest BCUT2D eigenvalue weighted by molar-refractivity contribution is -0.148. The zero-order chi connectivity index (χ0) is 12.8. The number of nitrogens with zero attached hydrogens (tertiary/aromatic N) is 1. The molecule has 2 aliphatic carbocycles. The molecule has 3 aliphatic rings. The van der Waals surface area contributed by atoms with Crippen molar-refractivity contribution in [2.75, 3.05) is 13.1 Å². The van der Waals surface area contributed by atoms with E-state index >= 15 is 0 Å². The SMILES string of the molecule is O=C(NC1(C(=O)O)CCC1)N1CC2CCCC2C1. The van der Waals surface area contributed by atoms with Crippen LogP contribution in [-0.2, 0) is 4.79 Å². The van der Waals surface area contributed by atoms with E-state index in [2.05, 4.69) is 5.32 Å². The standard InChI is InChI=1S/C13H20N2O3/c16-11(17)13(5-2-6-13)14-12(18)15-7-9-3-1-4-10(9)8-15/h9-10H,1-8H2,(H,14,18)(H,16,17). The lowest BCUT2D eigenvalue weighted by Crippen LogP contribution is -2.61. The second-order valence-electron chi connectivity index (χ2n) is 6.03. The molecular formula is C13H20N2O3. The lowest BCUT2D eigenvalue weighted by atomic mass is 9.77. The Balaban J connectivity index is 1.60. The number of carbonyl (C=O) groups is 2. The number of urea groups is 1.